The van der Waals surface area contributed by atoms with E-state index in [1.54, 1.807) is 0 Å². The summed E-state index contributed by atoms with van der Waals surface area (Å²) in [6.45, 7) is 12.8. The van der Waals surface area contributed by atoms with Crippen LogP contribution in [0.25, 0.3) is 0 Å². The highest BCUT2D eigenvalue weighted by atomic mass is 16.5. The minimum absolute atomic E-state index is 0.215. The van der Waals surface area contributed by atoms with Gasteiger partial charge >= 0.3 is 0 Å². The Morgan fingerprint density at radius 2 is 2.15 bits per heavy atom. The minimum Gasteiger partial charge on any atom is -0.377 e. The molecule has 3 heteroatoms. The van der Waals surface area contributed by atoms with Crippen molar-refractivity contribution in [1.82, 2.24) is 10.3 Å². The molecule has 0 saturated heterocycles. The number of hydrogen-bond donors (Lipinski definition) is 1. The van der Waals surface area contributed by atoms with Gasteiger partial charge in [0.25, 0.3) is 0 Å². The van der Waals surface area contributed by atoms with Gasteiger partial charge in [0, 0.05) is 36.5 Å². The molecule has 2 rings (SSSR count). The molecular formula is C17H28N2O. The number of aromatic nitrogens is 1. The van der Waals surface area contributed by atoms with Crippen molar-refractivity contribution in [3.05, 3.63) is 29.6 Å². The molecule has 0 aromatic carbocycles. The molecule has 1 aliphatic rings. The fourth-order valence-electron chi connectivity index (χ4n) is 2.67. The second-order valence-corrected chi connectivity index (χ2v) is 7.01. The van der Waals surface area contributed by atoms with E-state index in [9.17, 15) is 0 Å². The monoisotopic (exact) mass is 276 g/mol. The smallest absolute Gasteiger partial charge is 0.0656 e. The van der Waals surface area contributed by atoms with Crippen molar-refractivity contribution in [2.75, 3.05) is 6.61 Å². The van der Waals surface area contributed by atoms with Crippen molar-refractivity contribution in [2.24, 2.45) is 11.3 Å². The third-order valence-corrected chi connectivity index (χ3v) is 4.33. The van der Waals surface area contributed by atoms with Gasteiger partial charge in [0.1, 0.15) is 0 Å². The topological polar surface area (TPSA) is 34.1 Å². The molecule has 0 amide bonds. The zero-order valence-electron chi connectivity index (χ0n) is 13.4. The Hall–Kier alpha value is -0.930. The maximum Gasteiger partial charge on any atom is 0.0656 e. The number of pyridine rings is 1. The molecule has 1 N–H and O–H groups in total. The van der Waals surface area contributed by atoms with Crippen molar-refractivity contribution >= 4 is 0 Å². The molecule has 1 fully saturated rings. The summed E-state index contributed by atoms with van der Waals surface area (Å²) < 4.78 is 6.00. The molecule has 1 heterocycles. The molecule has 20 heavy (non-hydrogen) atoms. The van der Waals surface area contributed by atoms with Gasteiger partial charge in [0.15, 0.2) is 0 Å². The fraction of sp³-hybridized carbons (Fsp3) is 0.706. The molecule has 0 aliphatic heterocycles. The van der Waals surface area contributed by atoms with Crippen LogP contribution in [0.4, 0.5) is 0 Å². The van der Waals surface area contributed by atoms with E-state index in [1.807, 2.05) is 13.1 Å². The second kappa shape index (κ2) is 6.23. The Kier molecular flexibility index (Phi) is 4.82. The SMILES string of the molecule is Cc1ccc(CNC2CC(OCC(C)C)C2(C)C)cn1. The van der Waals surface area contributed by atoms with E-state index in [4.69, 9.17) is 4.74 Å². The molecule has 2 atom stereocenters. The maximum atomic E-state index is 6.00. The van der Waals surface area contributed by atoms with Crippen LogP contribution >= 0.6 is 0 Å². The molecule has 1 aromatic rings. The standard InChI is InChI=1S/C17H28N2O/c1-12(2)11-20-16-8-15(17(16,4)5)19-10-14-7-6-13(3)18-9-14/h6-7,9,12,15-16,19H,8,10-11H2,1-5H3. The number of nitrogens with zero attached hydrogens (tertiary/aromatic N) is 1. The molecule has 2 unspecified atom stereocenters. The first-order valence-corrected chi connectivity index (χ1v) is 7.66. The van der Waals surface area contributed by atoms with E-state index in [0.29, 0.717) is 18.1 Å². The number of rotatable bonds is 6. The van der Waals surface area contributed by atoms with Crippen molar-refractivity contribution in [1.29, 1.82) is 0 Å². The highest BCUT2D eigenvalue weighted by Crippen LogP contribution is 2.43. The van der Waals surface area contributed by atoms with Gasteiger partial charge in [-0.3, -0.25) is 4.98 Å². The molecule has 1 aromatic heterocycles. The van der Waals surface area contributed by atoms with E-state index >= 15 is 0 Å². The summed E-state index contributed by atoms with van der Waals surface area (Å²) in [6.07, 6.45) is 3.46. The zero-order valence-corrected chi connectivity index (χ0v) is 13.4. The first-order chi connectivity index (χ1) is 9.39. The molecule has 0 radical (unpaired) electrons. The molecular weight excluding hydrogens is 248 g/mol. The van der Waals surface area contributed by atoms with Crippen LogP contribution in [0.2, 0.25) is 0 Å². The van der Waals surface area contributed by atoms with Crippen LogP contribution in [-0.4, -0.2) is 23.7 Å². The van der Waals surface area contributed by atoms with Crippen LogP contribution in [0, 0.1) is 18.3 Å². The Bertz CT molecular complexity index is 425. The van der Waals surface area contributed by atoms with Crippen LogP contribution < -0.4 is 5.32 Å². The van der Waals surface area contributed by atoms with Gasteiger partial charge in [-0.1, -0.05) is 33.8 Å². The van der Waals surface area contributed by atoms with Crippen LogP contribution in [0.5, 0.6) is 0 Å². The number of ether oxygens (including phenoxy) is 1. The van der Waals surface area contributed by atoms with Crippen LogP contribution in [0.3, 0.4) is 0 Å². The van der Waals surface area contributed by atoms with Crippen LogP contribution in [0.15, 0.2) is 18.3 Å². The summed E-state index contributed by atoms with van der Waals surface area (Å²) in [4.78, 5) is 4.34. The van der Waals surface area contributed by atoms with Crippen molar-refractivity contribution in [3.63, 3.8) is 0 Å². The largest absolute Gasteiger partial charge is 0.377 e. The molecule has 1 aliphatic carbocycles. The number of hydrogen-bond acceptors (Lipinski definition) is 3. The molecule has 0 bridgehead atoms. The average Bonchev–Trinajstić information content (AvgIpc) is 2.38. The van der Waals surface area contributed by atoms with E-state index in [2.05, 4.69) is 50.1 Å². The quantitative estimate of drug-likeness (QED) is 0.865. The summed E-state index contributed by atoms with van der Waals surface area (Å²) in [6, 6.07) is 4.74. The highest BCUT2D eigenvalue weighted by molar-refractivity contribution is 5.14. The fourth-order valence-corrected chi connectivity index (χ4v) is 2.67. The lowest BCUT2D eigenvalue weighted by Crippen LogP contribution is -2.60. The van der Waals surface area contributed by atoms with E-state index in [0.717, 1.165) is 25.3 Å². The Morgan fingerprint density at radius 3 is 2.70 bits per heavy atom. The predicted molar refractivity (Wildman–Crippen MR) is 82.6 cm³/mol. The highest BCUT2D eigenvalue weighted by Gasteiger charge is 2.48. The molecule has 3 nitrogen and oxygen atoms in total. The summed E-state index contributed by atoms with van der Waals surface area (Å²) in [7, 11) is 0. The maximum absolute atomic E-state index is 6.00. The number of nitrogens with one attached hydrogen (secondary N) is 1. The summed E-state index contributed by atoms with van der Waals surface area (Å²) in [5.74, 6) is 0.608. The number of aryl methyl sites for hydroxylation is 1. The predicted octanol–water partition coefficient (Wildman–Crippen LogP) is 3.32. The Morgan fingerprint density at radius 1 is 1.40 bits per heavy atom. The second-order valence-electron chi connectivity index (χ2n) is 7.01. The van der Waals surface area contributed by atoms with Crippen LogP contribution in [0.1, 0.15) is 45.4 Å². The molecule has 112 valence electrons. The van der Waals surface area contributed by atoms with Gasteiger partial charge in [-0.2, -0.15) is 0 Å². The lowest BCUT2D eigenvalue weighted by molar-refractivity contribution is -0.124. The van der Waals surface area contributed by atoms with E-state index in [-0.39, 0.29) is 5.41 Å². The first kappa shape index (κ1) is 15.5. The van der Waals surface area contributed by atoms with Crippen LogP contribution in [-0.2, 0) is 11.3 Å². The van der Waals surface area contributed by atoms with Crippen molar-refractivity contribution in [2.45, 2.75) is 59.7 Å². The van der Waals surface area contributed by atoms with Gasteiger partial charge in [0.2, 0.25) is 0 Å². The Labute approximate surface area is 123 Å². The normalized spacial score (nSPS) is 24.7. The molecule has 1 saturated carbocycles. The average molecular weight is 276 g/mol. The van der Waals surface area contributed by atoms with Gasteiger partial charge in [-0.15, -0.1) is 0 Å². The molecule has 0 spiro atoms. The summed E-state index contributed by atoms with van der Waals surface area (Å²) in [5.41, 5.74) is 2.53. The summed E-state index contributed by atoms with van der Waals surface area (Å²) >= 11 is 0. The first-order valence-electron chi connectivity index (χ1n) is 7.66. The Balaban J connectivity index is 1.79. The lowest BCUT2D eigenvalue weighted by Gasteiger charge is -2.52. The van der Waals surface area contributed by atoms with Crippen molar-refractivity contribution < 1.29 is 4.74 Å². The van der Waals surface area contributed by atoms with Gasteiger partial charge < -0.3 is 10.1 Å². The van der Waals surface area contributed by atoms with E-state index < -0.39 is 0 Å². The third-order valence-electron chi connectivity index (χ3n) is 4.33. The van der Waals surface area contributed by atoms with Gasteiger partial charge in [-0.05, 0) is 30.9 Å². The summed E-state index contributed by atoms with van der Waals surface area (Å²) in [5, 5.41) is 3.64. The lowest BCUT2D eigenvalue weighted by atomic mass is 9.64. The van der Waals surface area contributed by atoms with Gasteiger partial charge in [0.05, 0.1) is 6.10 Å². The van der Waals surface area contributed by atoms with Crippen molar-refractivity contribution in [3.8, 4) is 0 Å². The zero-order chi connectivity index (χ0) is 14.8. The van der Waals surface area contributed by atoms with Gasteiger partial charge in [-0.25, -0.2) is 0 Å². The van der Waals surface area contributed by atoms with E-state index in [1.165, 1.54) is 5.56 Å². The minimum atomic E-state index is 0.215. The third kappa shape index (κ3) is 3.58.